The molecule has 0 spiro atoms. The lowest BCUT2D eigenvalue weighted by atomic mass is 9.70. The summed E-state index contributed by atoms with van der Waals surface area (Å²) in [5, 5.41) is 0. The largest absolute Gasteiger partial charge is 0.330 e. The predicted octanol–water partition coefficient (Wildman–Crippen LogP) is 4.30. The summed E-state index contributed by atoms with van der Waals surface area (Å²) in [5.74, 6) is 0.738. The molecule has 0 aromatic heterocycles. The van der Waals surface area contributed by atoms with Gasteiger partial charge in [0.2, 0.25) is 0 Å². The van der Waals surface area contributed by atoms with Gasteiger partial charge in [-0.1, -0.05) is 32.3 Å². The fraction of sp³-hybridized carbons (Fsp3) is 0.647. The predicted molar refractivity (Wildman–Crippen MR) is 78.3 cm³/mol. The molecule has 0 amide bonds. The molecule has 1 saturated carbocycles. The summed E-state index contributed by atoms with van der Waals surface area (Å²) in [6.45, 7) is 2.88. The second-order valence-corrected chi connectivity index (χ2v) is 6.16. The number of hydrogen-bond donors (Lipinski definition) is 1. The van der Waals surface area contributed by atoms with Gasteiger partial charge >= 0.3 is 0 Å². The van der Waals surface area contributed by atoms with E-state index in [4.69, 9.17) is 5.73 Å². The van der Waals surface area contributed by atoms with E-state index in [1.165, 1.54) is 25.3 Å². The highest BCUT2D eigenvalue weighted by atomic mass is 19.1. The highest BCUT2D eigenvalue weighted by Gasteiger charge is 2.29. The topological polar surface area (TPSA) is 26.0 Å². The highest BCUT2D eigenvalue weighted by molar-refractivity contribution is 5.19. The van der Waals surface area contributed by atoms with Gasteiger partial charge in [0.05, 0.1) is 0 Å². The number of nitrogens with two attached hydrogens (primary N) is 1. The van der Waals surface area contributed by atoms with Gasteiger partial charge in [0.15, 0.2) is 0 Å². The molecule has 3 atom stereocenters. The molecule has 1 aromatic rings. The van der Waals surface area contributed by atoms with Crippen molar-refractivity contribution >= 4 is 0 Å². The summed E-state index contributed by atoms with van der Waals surface area (Å²) in [6.07, 6.45) is 6.67. The third kappa shape index (κ3) is 3.78. The van der Waals surface area contributed by atoms with Crippen molar-refractivity contribution in [2.24, 2.45) is 23.5 Å². The highest BCUT2D eigenvalue weighted by Crippen LogP contribution is 2.37. The van der Waals surface area contributed by atoms with Crippen molar-refractivity contribution in [3.8, 4) is 0 Å². The molecule has 0 radical (unpaired) electrons. The summed E-state index contributed by atoms with van der Waals surface area (Å²) in [5.41, 5.74) is 6.51. The molecule has 2 N–H and O–H groups in total. The first-order valence-corrected chi connectivity index (χ1v) is 7.78. The molecule has 3 heteroatoms. The van der Waals surface area contributed by atoms with Gasteiger partial charge in [-0.2, -0.15) is 0 Å². The Morgan fingerprint density at radius 1 is 1.20 bits per heavy atom. The molecular formula is C17H25F2N. The third-order valence-electron chi connectivity index (χ3n) is 4.75. The van der Waals surface area contributed by atoms with Crippen LogP contribution in [-0.4, -0.2) is 6.54 Å². The zero-order valence-electron chi connectivity index (χ0n) is 12.2. The summed E-state index contributed by atoms with van der Waals surface area (Å²) in [7, 11) is 0. The van der Waals surface area contributed by atoms with Gasteiger partial charge in [0, 0.05) is 6.07 Å². The van der Waals surface area contributed by atoms with Crippen molar-refractivity contribution in [1.29, 1.82) is 0 Å². The second-order valence-electron chi connectivity index (χ2n) is 6.16. The van der Waals surface area contributed by atoms with Crippen LogP contribution in [0.2, 0.25) is 0 Å². The zero-order valence-corrected chi connectivity index (χ0v) is 12.2. The maximum atomic E-state index is 13.8. The molecule has 1 aromatic carbocycles. The van der Waals surface area contributed by atoms with E-state index in [9.17, 15) is 8.78 Å². The molecule has 2 rings (SSSR count). The fourth-order valence-corrected chi connectivity index (χ4v) is 3.62. The molecule has 1 fully saturated rings. The minimum atomic E-state index is -0.505. The molecule has 0 heterocycles. The minimum Gasteiger partial charge on any atom is -0.330 e. The maximum Gasteiger partial charge on any atom is 0.129 e. The standard InChI is InChI=1S/C17H25F2N/c1-2-3-12-4-5-14(11-20)15(8-12)9-13-6-7-16(18)10-17(13)19/h6-7,10,12,14-15H,2-5,8-9,11,20H2,1H3. The van der Waals surface area contributed by atoms with Crippen LogP contribution in [0.4, 0.5) is 8.78 Å². The molecular weight excluding hydrogens is 256 g/mol. The van der Waals surface area contributed by atoms with Crippen LogP contribution in [0.25, 0.3) is 0 Å². The van der Waals surface area contributed by atoms with Crippen LogP contribution in [-0.2, 0) is 6.42 Å². The van der Waals surface area contributed by atoms with Gasteiger partial charge in [0.25, 0.3) is 0 Å². The fourth-order valence-electron chi connectivity index (χ4n) is 3.62. The van der Waals surface area contributed by atoms with E-state index in [0.717, 1.165) is 24.8 Å². The number of benzene rings is 1. The lowest BCUT2D eigenvalue weighted by Gasteiger charge is -2.36. The van der Waals surface area contributed by atoms with Gasteiger partial charge in [-0.3, -0.25) is 0 Å². The van der Waals surface area contributed by atoms with E-state index in [0.29, 0.717) is 30.4 Å². The molecule has 0 saturated heterocycles. The average Bonchev–Trinajstić information content (AvgIpc) is 2.43. The third-order valence-corrected chi connectivity index (χ3v) is 4.75. The smallest absolute Gasteiger partial charge is 0.129 e. The van der Waals surface area contributed by atoms with E-state index in [1.807, 2.05) is 0 Å². The normalized spacial score (nSPS) is 26.7. The summed E-state index contributed by atoms with van der Waals surface area (Å²) >= 11 is 0. The lowest BCUT2D eigenvalue weighted by molar-refractivity contribution is 0.174. The number of halogens is 2. The van der Waals surface area contributed by atoms with Crippen molar-refractivity contribution in [2.45, 2.75) is 45.4 Å². The number of rotatable bonds is 5. The Labute approximate surface area is 120 Å². The van der Waals surface area contributed by atoms with Gasteiger partial charge in [-0.25, -0.2) is 8.78 Å². The summed E-state index contributed by atoms with van der Waals surface area (Å²) in [6, 6.07) is 3.92. The van der Waals surface area contributed by atoms with E-state index in [1.54, 1.807) is 6.07 Å². The van der Waals surface area contributed by atoms with E-state index in [2.05, 4.69) is 6.92 Å². The molecule has 1 nitrogen and oxygen atoms in total. The van der Waals surface area contributed by atoms with E-state index < -0.39 is 11.6 Å². The van der Waals surface area contributed by atoms with Crippen LogP contribution in [0.5, 0.6) is 0 Å². The van der Waals surface area contributed by atoms with Crippen LogP contribution in [0, 0.1) is 29.4 Å². The monoisotopic (exact) mass is 281 g/mol. The van der Waals surface area contributed by atoms with Crippen molar-refractivity contribution < 1.29 is 8.78 Å². The Balaban J connectivity index is 2.07. The SMILES string of the molecule is CCCC1CCC(CN)C(Cc2ccc(F)cc2F)C1. The molecule has 3 unspecified atom stereocenters. The molecule has 112 valence electrons. The Kier molecular flexibility index (Phi) is 5.53. The Hall–Kier alpha value is -0.960. The quantitative estimate of drug-likeness (QED) is 0.855. The van der Waals surface area contributed by atoms with Crippen LogP contribution in [0.3, 0.4) is 0 Å². The maximum absolute atomic E-state index is 13.8. The van der Waals surface area contributed by atoms with Crippen molar-refractivity contribution in [1.82, 2.24) is 0 Å². The van der Waals surface area contributed by atoms with Gasteiger partial charge < -0.3 is 5.73 Å². The average molecular weight is 281 g/mol. The van der Waals surface area contributed by atoms with Crippen molar-refractivity contribution in [3.63, 3.8) is 0 Å². The Bertz CT molecular complexity index is 433. The van der Waals surface area contributed by atoms with Crippen LogP contribution < -0.4 is 5.73 Å². The second kappa shape index (κ2) is 7.16. The Morgan fingerprint density at radius 3 is 2.65 bits per heavy atom. The number of hydrogen-bond acceptors (Lipinski definition) is 1. The first-order chi connectivity index (χ1) is 9.63. The molecule has 0 bridgehead atoms. The summed E-state index contributed by atoms with van der Waals surface area (Å²) < 4.78 is 26.8. The van der Waals surface area contributed by atoms with Crippen molar-refractivity contribution in [3.05, 3.63) is 35.4 Å². The first kappa shape index (κ1) is 15.4. The van der Waals surface area contributed by atoms with Crippen LogP contribution in [0.1, 0.15) is 44.6 Å². The van der Waals surface area contributed by atoms with Gasteiger partial charge in [0.1, 0.15) is 11.6 Å². The van der Waals surface area contributed by atoms with E-state index in [-0.39, 0.29) is 0 Å². The van der Waals surface area contributed by atoms with Gasteiger partial charge in [-0.05, 0) is 55.2 Å². The van der Waals surface area contributed by atoms with Crippen LogP contribution in [0.15, 0.2) is 18.2 Å². The Morgan fingerprint density at radius 2 is 2.00 bits per heavy atom. The first-order valence-electron chi connectivity index (χ1n) is 7.78. The lowest BCUT2D eigenvalue weighted by Crippen LogP contribution is -2.32. The van der Waals surface area contributed by atoms with Crippen LogP contribution >= 0.6 is 0 Å². The summed E-state index contributed by atoms with van der Waals surface area (Å²) in [4.78, 5) is 0. The molecule has 1 aliphatic carbocycles. The minimum absolute atomic E-state index is 0.418. The zero-order chi connectivity index (χ0) is 14.5. The molecule has 20 heavy (non-hydrogen) atoms. The molecule has 1 aliphatic rings. The van der Waals surface area contributed by atoms with E-state index >= 15 is 0 Å². The van der Waals surface area contributed by atoms with Crippen molar-refractivity contribution in [2.75, 3.05) is 6.54 Å². The molecule has 0 aliphatic heterocycles. The van der Waals surface area contributed by atoms with Gasteiger partial charge in [-0.15, -0.1) is 0 Å².